The molecule has 2 heterocycles. The summed E-state index contributed by atoms with van der Waals surface area (Å²) in [7, 11) is 0. The Kier molecular flexibility index (Phi) is 4.63. The Hall–Kier alpha value is -0.590. The third kappa shape index (κ3) is 2.87. The standard InChI is InChI=1S/C17H29N3/c1-2-4-14-6-7-15(12-18)17(11-14)20-10-9-19-8-3-5-16(19)13-20/h14-17H,2-11,13H2,1H3. The highest BCUT2D eigenvalue weighted by Gasteiger charge is 2.38. The van der Waals surface area contributed by atoms with E-state index in [1.165, 1.54) is 64.7 Å². The number of hydrogen-bond acceptors (Lipinski definition) is 3. The minimum atomic E-state index is 0.288. The van der Waals surface area contributed by atoms with E-state index in [1.807, 2.05) is 0 Å². The molecule has 1 saturated carbocycles. The molecule has 3 rings (SSSR count). The zero-order chi connectivity index (χ0) is 13.9. The van der Waals surface area contributed by atoms with Crippen LogP contribution in [0.25, 0.3) is 0 Å². The normalized spacial score (nSPS) is 39.4. The second-order valence-corrected chi connectivity index (χ2v) is 7.10. The maximum absolute atomic E-state index is 9.51. The average molecular weight is 275 g/mol. The Morgan fingerprint density at radius 3 is 2.75 bits per heavy atom. The first-order valence-electron chi connectivity index (χ1n) is 8.69. The molecule has 1 aliphatic carbocycles. The molecule has 0 bridgehead atoms. The minimum absolute atomic E-state index is 0.288. The van der Waals surface area contributed by atoms with Crippen LogP contribution in [0, 0.1) is 23.2 Å². The van der Waals surface area contributed by atoms with Gasteiger partial charge in [0.15, 0.2) is 0 Å². The van der Waals surface area contributed by atoms with Gasteiger partial charge in [-0.3, -0.25) is 9.80 Å². The Morgan fingerprint density at radius 1 is 1.10 bits per heavy atom. The molecule has 0 aromatic heterocycles. The maximum Gasteiger partial charge on any atom is 0.0672 e. The average Bonchev–Trinajstić information content (AvgIpc) is 2.95. The van der Waals surface area contributed by atoms with Gasteiger partial charge in [0.05, 0.1) is 12.0 Å². The first-order chi connectivity index (χ1) is 9.81. The number of nitrogens with zero attached hydrogens (tertiary/aromatic N) is 3. The topological polar surface area (TPSA) is 30.3 Å². The van der Waals surface area contributed by atoms with E-state index in [2.05, 4.69) is 22.8 Å². The van der Waals surface area contributed by atoms with Crippen molar-refractivity contribution in [1.29, 1.82) is 5.26 Å². The Bertz CT molecular complexity index is 362. The van der Waals surface area contributed by atoms with E-state index >= 15 is 0 Å². The number of piperazine rings is 1. The molecular weight excluding hydrogens is 246 g/mol. The van der Waals surface area contributed by atoms with Crippen molar-refractivity contribution in [3.8, 4) is 6.07 Å². The van der Waals surface area contributed by atoms with E-state index < -0.39 is 0 Å². The van der Waals surface area contributed by atoms with Crippen molar-refractivity contribution in [2.75, 3.05) is 26.2 Å². The van der Waals surface area contributed by atoms with Gasteiger partial charge in [-0.25, -0.2) is 0 Å². The van der Waals surface area contributed by atoms with Crippen LogP contribution in [0.1, 0.15) is 51.9 Å². The molecule has 0 aromatic rings. The fourth-order valence-corrected chi connectivity index (χ4v) is 4.77. The number of fused-ring (bicyclic) bond motifs is 1. The van der Waals surface area contributed by atoms with Crippen LogP contribution in [0.4, 0.5) is 0 Å². The zero-order valence-electron chi connectivity index (χ0n) is 12.9. The third-order valence-electron chi connectivity index (χ3n) is 5.88. The highest BCUT2D eigenvalue weighted by molar-refractivity contribution is 5.00. The quantitative estimate of drug-likeness (QED) is 0.793. The molecule has 2 aliphatic heterocycles. The molecule has 0 spiro atoms. The molecule has 3 aliphatic rings. The van der Waals surface area contributed by atoms with Gasteiger partial charge in [-0.05, 0) is 44.6 Å². The summed E-state index contributed by atoms with van der Waals surface area (Å²) in [4.78, 5) is 5.35. The first kappa shape index (κ1) is 14.4. The summed E-state index contributed by atoms with van der Waals surface area (Å²) in [6.07, 6.45) is 9.10. The molecule has 2 saturated heterocycles. The van der Waals surface area contributed by atoms with Crippen LogP contribution in [-0.4, -0.2) is 48.1 Å². The summed E-state index contributed by atoms with van der Waals surface area (Å²) in [5, 5.41) is 9.51. The summed E-state index contributed by atoms with van der Waals surface area (Å²) in [5.74, 6) is 1.16. The molecular formula is C17H29N3. The number of nitriles is 1. The summed E-state index contributed by atoms with van der Waals surface area (Å²) in [6, 6.07) is 3.95. The van der Waals surface area contributed by atoms with Gasteiger partial charge in [-0.1, -0.05) is 19.8 Å². The fraction of sp³-hybridized carbons (Fsp3) is 0.941. The lowest BCUT2D eigenvalue weighted by Gasteiger charge is -2.46. The molecule has 3 heteroatoms. The minimum Gasteiger partial charge on any atom is -0.298 e. The van der Waals surface area contributed by atoms with Gasteiger partial charge in [0.1, 0.15) is 0 Å². The largest absolute Gasteiger partial charge is 0.298 e. The third-order valence-corrected chi connectivity index (χ3v) is 5.88. The van der Waals surface area contributed by atoms with Crippen molar-refractivity contribution in [2.24, 2.45) is 11.8 Å². The van der Waals surface area contributed by atoms with E-state index in [-0.39, 0.29) is 5.92 Å². The van der Waals surface area contributed by atoms with Crippen LogP contribution in [0.2, 0.25) is 0 Å². The molecule has 112 valence electrons. The van der Waals surface area contributed by atoms with Crippen molar-refractivity contribution < 1.29 is 0 Å². The SMILES string of the molecule is CCCC1CCC(C#N)C(N2CCN3CCCC3C2)C1. The summed E-state index contributed by atoms with van der Waals surface area (Å²) >= 11 is 0. The van der Waals surface area contributed by atoms with Gasteiger partial charge in [0.2, 0.25) is 0 Å². The Morgan fingerprint density at radius 2 is 1.95 bits per heavy atom. The molecule has 0 amide bonds. The van der Waals surface area contributed by atoms with Crippen molar-refractivity contribution in [3.63, 3.8) is 0 Å². The van der Waals surface area contributed by atoms with Gasteiger partial charge in [-0.15, -0.1) is 0 Å². The predicted molar refractivity (Wildman–Crippen MR) is 81.3 cm³/mol. The van der Waals surface area contributed by atoms with Crippen molar-refractivity contribution in [2.45, 2.75) is 64.0 Å². The zero-order valence-corrected chi connectivity index (χ0v) is 12.9. The molecule has 0 radical (unpaired) electrons. The summed E-state index contributed by atoms with van der Waals surface area (Å²) in [5.41, 5.74) is 0. The lowest BCUT2D eigenvalue weighted by atomic mass is 9.76. The molecule has 3 fully saturated rings. The van der Waals surface area contributed by atoms with E-state index in [9.17, 15) is 5.26 Å². The van der Waals surface area contributed by atoms with E-state index in [0.29, 0.717) is 6.04 Å². The van der Waals surface area contributed by atoms with Crippen LogP contribution in [0.3, 0.4) is 0 Å². The fourth-order valence-electron chi connectivity index (χ4n) is 4.77. The maximum atomic E-state index is 9.51. The Balaban J connectivity index is 1.64. The van der Waals surface area contributed by atoms with E-state index in [0.717, 1.165) is 18.4 Å². The molecule has 4 unspecified atom stereocenters. The molecule has 0 aromatic carbocycles. The van der Waals surface area contributed by atoms with Crippen molar-refractivity contribution in [3.05, 3.63) is 0 Å². The monoisotopic (exact) mass is 275 g/mol. The van der Waals surface area contributed by atoms with Crippen LogP contribution in [-0.2, 0) is 0 Å². The summed E-state index contributed by atoms with van der Waals surface area (Å²) in [6.45, 7) is 7.25. The van der Waals surface area contributed by atoms with Crippen LogP contribution >= 0.6 is 0 Å². The van der Waals surface area contributed by atoms with Gasteiger partial charge in [0, 0.05) is 31.7 Å². The number of rotatable bonds is 3. The van der Waals surface area contributed by atoms with Crippen LogP contribution in [0.5, 0.6) is 0 Å². The van der Waals surface area contributed by atoms with Crippen molar-refractivity contribution >= 4 is 0 Å². The molecule has 3 nitrogen and oxygen atoms in total. The summed E-state index contributed by atoms with van der Waals surface area (Å²) < 4.78 is 0. The number of hydrogen-bond donors (Lipinski definition) is 0. The highest BCUT2D eigenvalue weighted by Crippen LogP contribution is 2.36. The van der Waals surface area contributed by atoms with Crippen molar-refractivity contribution in [1.82, 2.24) is 9.80 Å². The van der Waals surface area contributed by atoms with E-state index in [1.54, 1.807) is 0 Å². The smallest absolute Gasteiger partial charge is 0.0672 e. The van der Waals surface area contributed by atoms with Gasteiger partial charge in [-0.2, -0.15) is 5.26 Å². The lowest BCUT2D eigenvalue weighted by molar-refractivity contribution is 0.0310. The Labute approximate surface area is 123 Å². The van der Waals surface area contributed by atoms with E-state index in [4.69, 9.17) is 0 Å². The molecule has 4 atom stereocenters. The van der Waals surface area contributed by atoms with Gasteiger partial charge < -0.3 is 0 Å². The second kappa shape index (κ2) is 6.45. The van der Waals surface area contributed by atoms with Crippen LogP contribution < -0.4 is 0 Å². The van der Waals surface area contributed by atoms with Gasteiger partial charge in [0.25, 0.3) is 0 Å². The molecule has 0 N–H and O–H groups in total. The lowest BCUT2D eigenvalue weighted by Crippen LogP contribution is -2.56. The van der Waals surface area contributed by atoms with Gasteiger partial charge >= 0.3 is 0 Å². The molecule has 20 heavy (non-hydrogen) atoms. The highest BCUT2D eigenvalue weighted by atomic mass is 15.3. The predicted octanol–water partition coefficient (Wildman–Crippen LogP) is 2.87. The second-order valence-electron chi connectivity index (χ2n) is 7.10. The van der Waals surface area contributed by atoms with Crippen LogP contribution in [0.15, 0.2) is 0 Å². The first-order valence-corrected chi connectivity index (χ1v) is 8.69.